The first kappa shape index (κ1) is 27.4. The van der Waals surface area contributed by atoms with Crippen LogP contribution in [0.3, 0.4) is 0 Å². The van der Waals surface area contributed by atoms with Crippen LogP contribution in [0.4, 0.5) is 4.79 Å². The van der Waals surface area contributed by atoms with Gasteiger partial charge in [-0.25, -0.2) is 9.59 Å². The Balaban J connectivity index is 2.03. The highest BCUT2D eigenvalue weighted by atomic mass is 16.5. The molecule has 35 heavy (non-hydrogen) atoms. The topological polar surface area (TPSA) is 123 Å². The Morgan fingerprint density at radius 2 is 1.43 bits per heavy atom. The molecule has 3 atom stereocenters. The summed E-state index contributed by atoms with van der Waals surface area (Å²) in [5.41, 5.74) is 0.432. The number of benzene rings is 2. The zero-order valence-corrected chi connectivity index (χ0v) is 20.5. The van der Waals surface area contributed by atoms with E-state index in [-0.39, 0.29) is 13.0 Å². The van der Waals surface area contributed by atoms with Gasteiger partial charge in [0, 0.05) is 0 Å². The van der Waals surface area contributed by atoms with Crippen molar-refractivity contribution in [1.82, 2.24) is 16.0 Å². The smallest absolute Gasteiger partial charge is 0.408 e. The number of ether oxygens (including phenoxy) is 2. The lowest BCUT2D eigenvalue weighted by atomic mass is 9.91. The summed E-state index contributed by atoms with van der Waals surface area (Å²) in [5.74, 6) is -1.72. The molecule has 3 N–H and O–H groups in total. The molecule has 0 saturated heterocycles. The van der Waals surface area contributed by atoms with Gasteiger partial charge in [0.15, 0.2) is 0 Å². The molecule has 0 spiro atoms. The fourth-order valence-electron chi connectivity index (χ4n) is 3.25. The van der Waals surface area contributed by atoms with Gasteiger partial charge in [0.25, 0.3) is 0 Å². The van der Waals surface area contributed by atoms with E-state index in [4.69, 9.17) is 4.74 Å². The first-order valence-electron chi connectivity index (χ1n) is 11.4. The van der Waals surface area contributed by atoms with Crippen LogP contribution in [0.25, 0.3) is 0 Å². The number of esters is 1. The Morgan fingerprint density at radius 1 is 0.857 bits per heavy atom. The molecule has 0 bridgehead atoms. The van der Waals surface area contributed by atoms with E-state index in [1.165, 1.54) is 21.0 Å². The third kappa shape index (κ3) is 8.77. The van der Waals surface area contributed by atoms with Crippen LogP contribution in [0, 0.1) is 0 Å². The highest BCUT2D eigenvalue weighted by molar-refractivity contribution is 5.95. The average molecular weight is 484 g/mol. The van der Waals surface area contributed by atoms with Crippen molar-refractivity contribution in [2.24, 2.45) is 0 Å². The number of amides is 3. The van der Waals surface area contributed by atoms with Crippen molar-refractivity contribution in [1.29, 1.82) is 0 Å². The minimum absolute atomic E-state index is 0.0592. The van der Waals surface area contributed by atoms with Crippen molar-refractivity contribution < 1.29 is 28.7 Å². The Hall–Kier alpha value is -3.88. The van der Waals surface area contributed by atoms with Gasteiger partial charge in [0.2, 0.25) is 11.8 Å². The predicted octanol–water partition coefficient (Wildman–Crippen LogP) is 2.49. The third-order valence-electron chi connectivity index (χ3n) is 5.50. The fourth-order valence-corrected chi connectivity index (χ4v) is 3.25. The fraction of sp³-hybridized carbons (Fsp3) is 0.385. The van der Waals surface area contributed by atoms with Gasteiger partial charge in [0.1, 0.15) is 24.2 Å². The van der Waals surface area contributed by atoms with Gasteiger partial charge in [-0.15, -0.1) is 0 Å². The first-order valence-corrected chi connectivity index (χ1v) is 11.4. The number of carbonyl (C=O) groups excluding carboxylic acids is 4. The van der Waals surface area contributed by atoms with Crippen LogP contribution in [-0.4, -0.2) is 48.6 Å². The number of methoxy groups -OCH3 is 1. The molecule has 2 rings (SSSR count). The maximum absolute atomic E-state index is 13.1. The Morgan fingerprint density at radius 3 is 2.00 bits per heavy atom. The van der Waals surface area contributed by atoms with E-state index in [0.717, 1.165) is 11.1 Å². The number of rotatable bonds is 11. The molecular formula is C26H33N3O6. The number of carbonyl (C=O) groups is 4. The molecule has 9 nitrogen and oxygen atoms in total. The van der Waals surface area contributed by atoms with Crippen LogP contribution in [0.5, 0.6) is 0 Å². The molecule has 0 radical (unpaired) electrons. The van der Waals surface area contributed by atoms with Crippen molar-refractivity contribution in [3.63, 3.8) is 0 Å². The van der Waals surface area contributed by atoms with Crippen molar-refractivity contribution in [3.05, 3.63) is 71.8 Å². The van der Waals surface area contributed by atoms with Gasteiger partial charge < -0.3 is 25.4 Å². The predicted molar refractivity (Wildman–Crippen MR) is 130 cm³/mol. The molecule has 2 aromatic rings. The van der Waals surface area contributed by atoms with Crippen molar-refractivity contribution in [3.8, 4) is 0 Å². The number of hydrogen-bond acceptors (Lipinski definition) is 6. The van der Waals surface area contributed by atoms with Crippen LogP contribution in [0.15, 0.2) is 60.7 Å². The molecule has 0 aliphatic carbocycles. The van der Waals surface area contributed by atoms with E-state index in [9.17, 15) is 19.2 Å². The van der Waals surface area contributed by atoms with E-state index in [0.29, 0.717) is 6.42 Å². The summed E-state index contributed by atoms with van der Waals surface area (Å²) < 4.78 is 9.83. The average Bonchev–Trinajstić information content (AvgIpc) is 2.86. The summed E-state index contributed by atoms with van der Waals surface area (Å²) in [7, 11) is 1.23. The van der Waals surface area contributed by atoms with Crippen LogP contribution in [0.1, 0.15) is 38.3 Å². The zero-order valence-electron chi connectivity index (χ0n) is 20.5. The number of nitrogens with one attached hydrogen (secondary N) is 3. The molecule has 0 heterocycles. The molecule has 0 unspecified atom stereocenters. The largest absolute Gasteiger partial charge is 0.467 e. The molecule has 0 fully saturated rings. The van der Waals surface area contributed by atoms with E-state index in [1.807, 2.05) is 60.7 Å². The summed E-state index contributed by atoms with van der Waals surface area (Å²) in [6.45, 7) is 4.62. The second kappa shape index (κ2) is 13.1. The van der Waals surface area contributed by atoms with Gasteiger partial charge in [0.05, 0.1) is 7.11 Å². The molecule has 0 aromatic heterocycles. The Labute approximate surface area is 205 Å². The molecule has 2 aromatic carbocycles. The van der Waals surface area contributed by atoms with Gasteiger partial charge in [-0.3, -0.25) is 9.59 Å². The lowest BCUT2D eigenvalue weighted by Gasteiger charge is -2.32. The monoisotopic (exact) mass is 483 g/mol. The highest BCUT2D eigenvalue weighted by Crippen LogP contribution is 2.16. The molecule has 188 valence electrons. The Bertz CT molecular complexity index is 999. The summed E-state index contributed by atoms with van der Waals surface area (Å²) in [4.78, 5) is 50.0. The van der Waals surface area contributed by atoms with E-state index >= 15 is 0 Å². The first-order chi connectivity index (χ1) is 16.6. The second-order valence-electron chi connectivity index (χ2n) is 8.45. The second-order valence-corrected chi connectivity index (χ2v) is 8.45. The minimum atomic E-state index is -1.36. The molecule has 9 heteroatoms. The van der Waals surface area contributed by atoms with Crippen molar-refractivity contribution >= 4 is 23.9 Å². The zero-order chi connectivity index (χ0) is 25.8. The summed E-state index contributed by atoms with van der Waals surface area (Å²) in [6, 6.07) is 16.8. The maximum Gasteiger partial charge on any atom is 0.408 e. The van der Waals surface area contributed by atoms with Gasteiger partial charge >= 0.3 is 12.1 Å². The quantitative estimate of drug-likeness (QED) is 0.422. The van der Waals surface area contributed by atoms with Crippen molar-refractivity contribution in [2.75, 3.05) is 7.11 Å². The van der Waals surface area contributed by atoms with E-state index in [2.05, 4.69) is 20.7 Å². The normalized spacial score (nSPS) is 13.9. The minimum Gasteiger partial charge on any atom is -0.467 e. The number of alkyl carbamates (subject to hydrolysis) is 1. The lowest BCUT2D eigenvalue weighted by molar-refractivity contribution is -0.145. The number of hydrogen-bond donors (Lipinski definition) is 3. The standard InChI is InChI=1S/C26H33N3O6/c1-18(28-25(33)35-17-21-13-9-6-10-14-21)22(30)29-26(3,16-15-20-11-7-5-8-12-20)24(32)27-19(2)23(31)34-4/h5-14,18-19H,15-17H2,1-4H3,(H,27,32)(H,28,33)(H,29,30)/t18-,19-,26-/m1/s1. The van der Waals surface area contributed by atoms with E-state index in [1.54, 1.807) is 6.92 Å². The van der Waals surface area contributed by atoms with Gasteiger partial charge in [-0.2, -0.15) is 0 Å². The van der Waals surface area contributed by atoms with Crippen LogP contribution in [0.2, 0.25) is 0 Å². The summed E-state index contributed by atoms with van der Waals surface area (Å²) in [5, 5.41) is 7.80. The molecule has 0 aliphatic rings. The molecular weight excluding hydrogens is 450 g/mol. The lowest BCUT2D eigenvalue weighted by Crippen LogP contribution is -2.62. The third-order valence-corrected chi connectivity index (χ3v) is 5.50. The maximum atomic E-state index is 13.1. The molecule has 0 aliphatic heterocycles. The SMILES string of the molecule is COC(=O)[C@@H](C)NC(=O)[C@@](C)(CCc1ccccc1)NC(=O)[C@@H](C)NC(=O)OCc1ccccc1. The number of aryl methyl sites for hydroxylation is 1. The Kier molecular flexibility index (Phi) is 10.3. The molecule has 0 saturated carbocycles. The molecule has 3 amide bonds. The van der Waals surface area contributed by atoms with Crippen LogP contribution < -0.4 is 16.0 Å². The van der Waals surface area contributed by atoms with Crippen LogP contribution in [-0.2, 0) is 36.9 Å². The highest BCUT2D eigenvalue weighted by Gasteiger charge is 2.37. The van der Waals surface area contributed by atoms with Gasteiger partial charge in [-0.1, -0.05) is 60.7 Å². The summed E-state index contributed by atoms with van der Waals surface area (Å²) in [6.07, 6.45) is -0.00192. The van der Waals surface area contributed by atoms with Gasteiger partial charge in [-0.05, 0) is 44.7 Å². The van der Waals surface area contributed by atoms with Crippen molar-refractivity contribution in [2.45, 2.75) is 57.8 Å². The summed E-state index contributed by atoms with van der Waals surface area (Å²) >= 11 is 0. The van der Waals surface area contributed by atoms with E-state index < -0.39 is 41.5 Å². The van der Waals surface area contributed by atoms with Crippen LogP contribution >= 0.6 is 0 Å².